The maximum atomic E-state index is 10.9. The van der Waals surface area contributed by atoms with Crippen molar-refractivity contribution in [2.45, 2.75) is 0 Å². The van der Waals surface area contributed by atoms with Crippen LogP contribution in [0.25, 0.3) is 10.9 Å². The minimum Gasteiger partial charge on any atom is -0.482 e. The largest absolute Gasteiger partial charge is 0.482 e. The number of ether oxygens (including phenoxy) is 1. The van der Waals surface area contributed by atoms with Gasteiger partial charge in [-0.3, -0.25) is 4.79 Å². The number of aromatic carboxylic acids is 1. The van der Waals surface area contributed by atoms with Gasteiger partial charge in [-0.2, -0.15) is 0 Å². The third-order valence-corrected chi connectivity index (χ3v) is 3.44. The van der Waals surface area contributed by atoms with Gasteiger partial charge in [-0.15, -0.1) is 0 Å². The first-order valence-electron chi connectivity index (χ1n) is 7.15. The Morgan fingerprint density at radius 3 is 2.79 bits per heavy atom. The van der Waals surface area contributed by atoms with E-state index in [-0.39, 0.29) is 12.5 Å². The SMILES string of the molecule is Nc1ccc2c(c1)NC(=O)CO2.O=C(O)c1ccc2[nH]ccc2c1. The summed E-state index contributed by atoms with van der Waals surface area (Å²) in [5.74, 6) is -0.366. The zero-order valence-electron chi connectivity index (χ0n) is 12.6. The Labute approximate surface area is 137 Å². The number of hydrogen-bond donors (Lipinski definition) is 4. The van der Waals surface area contributed by atoms with Crippen LogP contribution in [-0.2, 0) is 4.79 Å². The number of aromatic amines is 1. The second kappa shape index (κ2) is 6.33. The molecule has 1 amide bonds. The predicted molar refractivity (Wildman–Crippen MR) is 90.2 cm³/mol. The number of anilines is 2. The highest BCUT2D eigenvalue weighted by Crippen LogP contribution is 2.28. The summed E-state index contributed by atoms with van der Waals surface area (Å²) in [6, 6.07) is 12.0. The van der Waals surface area contributed by atoms with Gasteiger partial charge in [-0.25, -0.2) is 4.79 Å². The van der Waals surface area contributed by atoms with E-state index >= 15 is 0 Å². The van der Waals surface area contributed by atoms with E-state index < -0.39 is 5.97 Å². The quantitative estimate of drug-likeness (QED) is 0.513. The van der Waals surface area contributed by atoms with Crippen molar-refractivity contribution in [1.82, 2.24) is 4.98 Å². The number of carbonyl (C=O) groups excluding carboxylic acids is 1. The first-order valence-corrected chi connectivity index (χ1v) is 7.15. The number of carbonyl (C=O) groups is 2. The Balaban J connectivity index is 0.000000141. The van der Waals surface area contributed by atoms with E-state index in [0.717, 1.165) is 10.9 Å². The zero-order chi connectivity index (χ0) is 17.1. The highest BCUT2D eigenvalue weighted by atomic mass is 16.5. The molecule has 4 rings (SSSR count). The Morgan fingerprint density at radius 1 is 1.17 bits per heavy atom. The maximum absolute atomic E-state index is 10.9. The lowest BCUT2D eigenvalue weighted by molar-refractivity contribution is -0.118. The van der Waals surface area contributed by atoms with Crippen molar-refractivity contribution < 1.29 is 19.4 Å². The van der Waals surface area contributed by atoms with E-state index in [4.69, 9.17) is 15.6 Å². The van der Waals surface area contributed by atoms with Crippen LogP contribution in [0.15, 0.2) is 48.7 Å². The van der Waals surface area contributed by atoms with Crippen molar-refractivity contribution in [3.63, 3.8) is 0 Å². The van der Waals surface area contributed by atoms with Gasteiger partial charge in [0.25, 0.3) is 5.91 Å². The standard InChI is InChI=1S/C9H7NO2.C8H8N2O2/c11-9(12)7-1-2-8-6(5-7)3-4-10-8;9-5-1-2-7-6(3-5)10-8(11)4-12-7/h1-5,10H,(H,11,12);1-3H,4,9H2,(H,10,11). The number of fused-ring (bicyclic) bond motifs is 2. The fourth-order valence-corrected chi connectivity index (χ4v) is 2.29. The van der Waals surface area contributed by atoms with Crippen LogP contribution in [-0.4, -0.2) is 28.6 Å². The number of aromatic nitrogens is 1. The van der Waals surface area contributed by atoms with Crippen molar-refractivity contribution >= 4 is 34.2 Å². The average molecular weight is 325 g/mol. The molecule has 0 saturated carbocycles. The first kappa shape index (κ1) is 15.4. The fraction of sp³-hybridized carbons (Fsp3) is 0.0588. The molecule has 24 heavy (non-hydrogen) atoms. The van der Waals surface area contributed by atoms with Gasteiger partial charge in [0.1, 0.15) is 5.75 Å². The molecule has 2 aromatic carbocycles. The highest BCUT2D eigenvalue weighted by molar-refractivity contribution is 5.96. The highest BCUT2D eigenvalue weighted by Gasteiger charge is 2.14. The molecule has 0 aliphatic carbocycles. The lowest BCUT2D eigenvalue weighted by Crippen LogP contribution is -2.25. The minimum atomic E-state index is -0.891. The number of benzene rings is 2. The Kier molecular flexibility index (Phi) is 4.07. The van der Waals surface area contributed by atoms with Crippen LogP contribution in [0, 0.1) is 0 Å². The Morgan fingerprint density at radius 2 is 2.00 bits per heavy atom. The summed E-state index contributed by atoms with van der Waals surface area (Å²) in [4.78, 5) is 24.4. The second-order valence-electron chi connectivity index (χ2n) is 5.18. The summed E-state index contributed by atoms with van der Waals surface area (Å²) < 4.78 is 5.12. The van der Waals surface area contributed by atoms with Gasteiger partial charge >= 0.3 is 5.97 Å². The molecule has 7 heteroatoms. The van der Waals surface area contributed by atoms with E-state index in [9.17, 15) is 9.59 Å². The molecule has 7 nitrogen and oxygen atoms in total. The molecule has 0 fully saturated rings. The Hall–Kier alpha value is -3.48. The van der Waals surface area contributed by atoms with E-state index in [1.165, 1.54) is 0 Å². The van der Waals surface area contributed by atoms with Crippen LogP contribution in [0.3, 0.4) is 0 Å². The van der Waals surface area contributed by atoms with Crippen LogP contribution in [0.4, 0.5) is 11.4 Å². The second-order valence-corrected chi connectivity index (χ2v) is 5.18. The van der Waals surface area contributed by atoms with Crippen LogP contribution < -0.4 is 15.8 Å². The summed E-state index contributed by atoms with van der Waals surface area (Å²) in [6.07, 6.45) is 1.79. The third kappa shape index (κ3) is 3.30. The molecule has 2 heterocycles. The minimum absolute atomic E-state index is 0.0803. The van der Waals surface area contributed by atoms with Crippen molar-refractivity contribution in [3.8, 4) is 5.75 Å². The number of nitrogens with two attached hydrogens (primary N) is 1. The molecule has 122 valence electrons. The molecule has 0 radical (unpaired) electrons. The predicted octanol–water partition coefficient (Wildman–Crippen LogP) is 2.47. The number of H-pyrrole nitrogens is 1. The molecule has 1 aromatic heterocycles. The molecule has 3 aromatic rings. The van der Waals surface area contributed by atoms with E-state index in [1.807, 2.05) is 6.07 Å². The first-order chi connectivity index (χ1) is 11.5. The molecule has 0 atom stereocenters. The van der Waals surface area contributed by atoms with Gasteiger partial charge in [-0.05, 0) is 42.5 Å². The van der Waals surface area contributed by atoms with E-state index in [0.29, 0.717) is 22.7 Å². The van der Waals surface area contributed by atoms with Crippen LogP contribution in [0.2, 0.25) is 0 Å². The molecular formula is C17H15N3O4. The fourth-order valence-electron chi connectivity index (χ4n) is 2.29. The summed E-state index contributed by atoms with van der Waals surface area (Å²) in [5.41, 5.74) is 8.06. The Bertz CT molecular complexity index is 917. The number of rotatable bonds is 1. The maximum Gasteiger partial charge on any atom is 0.335 e. The third-order valence-electron chi connectivity index (χ3n) is 3.44. The van der Waals surface area contributed by atoms with Crippen LogP contribution >= 0.6 is 0 Å². The van der Waals surface area contributed by atoms with Gasteiger partial charge in [0.2, 0.25) is 0 Å². The monoisotopic (exact) mass is 325 g/mol. The molecule has 1 aliphatic rings. The van der Waals surface area contributed by atoms with Crippen molar-refractivity contribution in [2.75, 3.05) is 17.7 Å². The molecular weight excluding hydrogens is 310 g/mol. The summed E-state index contributed by atoms with van der Waals surface area (Å²) in [6.45, 7) is 0.0803. The molecule has 5 N–H and O–H groups in total. The van der Waals surface area contributed by atoms with Crippen LogP contribution in [0.5, 0.6) is 5.75 Å². The van der Waals surface area contributed by atoms with Gasteiger partial charge in [0.05, 0.1) is 11.3 Å². The van der Waals surface area contributed by atoms with Gasteiger partial charge in [0, 0.05) is 22.8 Å². The average Bonchev–Trinajstić information content (AvgIpc) is 3.02. The van der Waals surface area contributed by atoms with Crippen molar-refractivity contribution in [3.05, 3.63) is 54.2 Å². The number of nitrogens with one attached hydrogen (secondary N) is 2. The van der Waals surface area contributed by atoms with Gasteiger partial charge in [-0.1, -0.05) is 0 Å². The molecule has 1 aliphatic heterocycles. The normalized spacial score (nSPS) is 12.4. The summed E-state index contributed by atoms with van der Waals surface area (Å²) in [5, 5.41) is 12.3. The topological polar surface area (TPSA) is 117 Å². The molecule has 0 unspecified atom stereocenters. The molecule has 0 bridgehead atoms. The van der Waals surface area contributed by atoms with E-state index in [1.54, 1.807) is 42.6 Å². The van der Waals surface area contributed by atoms with Crippen molar-refractivity contribution in [2.24, 2.45) is 0 Å². The number of carboxylic acid groups (broad SMARTS) is 1. The molecule has 0 saturated heterocycles. The number of amides is 1. The number of hydrogen-bond acceptors (Lipinski definition) is 4. The van der Waals surface area contributed by atoms with Crippen LogP contribution in [0.1, 0.15) is 10.4 Å². The summed E-state index contributed by atoms with van der Waals surface area (Å²) in [7, 11) is 0. The van der Waals surface area contributed by atoms with Gasteiger partial charge in [0.15, 0.2) is 6.61 Å². The lowest BCUT2D eigenvalue weighted by atomic mass is 10.1. The molecule has 0 spiro atoms. The smallest absolute Gasteiger partial charge is 0.335 e. The van der Waals surface area contributed by atoms with Gasteiger partial charge < -0.3 is 25.9 Å². The summed E-state index contributed by atoms with van der Waals surface area (Å²) >= 11 is 0. The zero-order valence-corrected chi connectivity index (χ0v) is 12.6. The van der Waals surface area contributed by atoms with Crippen molar-refractivity contribution in [1.29, 1.82) is 0 Å². The lowest BCUT2D eigenvalue weighted by Gasteiger charge is -2.17. The number of carboxylic acids is 1. The van der Waals surface area contributed by atoms with E-state index in [2.05, 4.69) is 10.3 Å². The number of nitrogen functional groups attached to an aromatic ring is 1.